The standard InChI is InChI=1S/C12H12N6O/c1-6-9(13)10(18-17-6)11(19)16-12-14-7-4-2-3-5-8(7)15-12/h2-5H,13H2,1H3,(H,17,18)(H2,14,15,16,19). The molecule has 0 aliphatic rings. The van der Waals surface area contributed by atoms with Gasteiger partial charge in [-0.2, -0.15) is 5.10 Å². The molecular weight excluding hydrogens is 244 g/mol. The van der Waals surface area contributed by atoms with Gasteiger partial charge in [0.1, 0.15) is 0 Å². The van der Waals surface area contributed by atoms with Crippen LogP contribution in [0.5, 0.6) is 0 Å². The van der Waals surface area contributed by atoms with Crippen molar-refractivity contribution in [2.24, 2.45) is 0 Å². The number of carbonyl (C=O) groups is 1. The predicted octanol–water partition coefficient (Wildman–Crippen LogP) is 1.43. The van der Waals surface area contributed by atoms with Gasteiger partial charge in [0.25, 0.3) is 5.91 Å². The molecule has 5 N–H and O–H groups in total. The molecular formula is C12H12N6O. The molecule has 7 nitrogen and oxygen atoms in total. The van der Waals surface area contributed by atoms with Crippen LogP contribution in [-0.2, 0) is 0 Å². The molecule has 0 atom stereocenters. The maximum Gasteiger partial charge on any atom is 0.280 e. The number of nitrogens with zero attached hydrogens (tertiary/aromatic N) is 2. The minimum absolute atomic E-state index is 0.165. The fraction of sp³-hybridized carbons (Fsp3) is 0.0833. The molecule has 2 aromatic heterocycles. The smallest absolute Gasteiger partial charge is 0.280 e. The number of nitrogen functional groups attached to an aromatic ring is 1. The van der Waals surface area contributed by atoms with Crippen molar-refractivity contribution in [3.8, 4) is 0 Å². The first-order valence-corrected chi connectivity index (χ1v) is 5.71. The number of rotatable bonds is 2. The van der Waals surface area contributed by atoms with Gasteiger partial charge in [0.15, 0.2) is 5.69 Å². The average molecular weight is 256 g/mol. The summed E-state index contributed by atoms with van der Waals surface area (Å²) in [5.41, 5.74) is 8.55. The lowest BCUT2D eigenvalue weighted by atomic mass is 10.3. The topological polar surface area (TPSA) is 112 Å². The first kappa shape index (κ1) is 11.3. The van der Waals surface area contributed by atoms with Gasteiger partial charge in [-0.1, -0.05) is 12.1 Å². The molecule has 0 unspecified atom stereocenters. The molecule has 0 aliphatic heterocycles. The molecule has 0 radical (unpaired) electrons. The molecule has 3 rings (SSSR count). The lowest BCUT2D eigenvalue weighted by Crippen LogP contribution is -2.15. The Morgan fingerprint density at radius 1 is 1.37 bits per heavy atom. The number of aromatic nitrogens is 4. The Kier molecular flexibility index (Phi) is 2.45. The number of imidazole rings is 1. The SMILES string of the molecule is Cc1[nH]nc(C(=O)Nc2nc3ccccc3[nH]2)c1N. The highest BCUT2D eigenvalue weighted by atomic mass is 16.2. The molecule has 0 aliphatic carbocycles. The quantitative estimate of drug-likeness (QED) is 0.555. The molecule has 0 saturated heterocycles. The van der Waals surface area contributed by atoms with Crippen LogP contribution < -0.4 is 11.1 Å². The Bertz CT molecular complexity index is 724. The van der Waals surface area contributed by atoms with Crippen LogP contribution in [0.1, 0.15) is 16.2 Å². The normalized spacial score (nSPS) is 10.8. The van der Waals surface area contributed by atoms with Gasteiger partial charge in [-0.05, 0) is 19.1 Å². The molecule has 0 spiro atoms. The van der Waals surface area contributed by atoms with Crippen LogP contribution in [0, 0.1) is 6.92 Å². The van der Waals surface area contributed by atoms with E-state index in [0.29, 0.717) is 17.3 Å². The van der Waals surface area contributed by atoms with Gasteiger partial charge in [0.2, 0.25) is 5.95 Å². The number of aryl methyl sites for hydroxylation is 1. The van der Waals surface area contributed by atoms with Gasteiger partial charge in [-0.15, -0.1) is 0 Å². The van der Waals surface area contributed by atoms with E-state index in [1.807, 2.05) is 24.3 Å². The summed E-state index contributed by atoms with van der Waals surface area (Å²) < 4.78 is 0. The highest BCUT2D eigenvalue weighted by Gasteiger charge is 2.16. The highest BCUT2D eigenvalue weighted by Crippen LogP contribution is 2.16. The maximum absolute atomic E-state index is 12.0. The summed E-state index contributed by atoms with van der Waals surface area (Å²) in [4.78, 5) is 19.2. The van der Waals surface area contributed by atoms with E-state index in [-0.39, 0.29) is 5.69 Å². The fourth-order valence-corrected chi connectivity index (χ4v) is 1.79. The lowest BCUT2D eigenvalue weighted by Gasteiger charge is -1.99. The number of benzene rings is 1. The number of hydrogen-bond donors (Lipinski definition) is 4. The van der Waals surface area contributed by atoms with Gasteiger partial charge < -0.3 is 10.7 Å². The van der Waals surface area contributed by atoms with Crippen LogP contribution >= 0.6 is 0 Å². The minimum atomic E-state index is -0.402. The first-order chi connectivity index (χ1) is 9.15. The molecule has 0 bridgehead atoms. The molecule has 96 valence electrons. The van der Waals surface area contributed by atoms with Crippen LogP contribution in [0.25, 0.3) is 11.0 Å². The number of nitrogens with one attached hydrogen (secondary N) is 3. The zero-order chi connectivity index (χ0) is 13.4. The van der Waals surface area contributed by atoms with Crippen molar-refractivity contribution in [3.05, 3.63) is 35.7 Å². The average Bonchev–Trinajstić information content (AvgIpc) is 2.93. The van der Waals surface area contributed by atoms with Crippen molar-refractivity contribution in [3.63, 3.8) is 0 Å². The Morgan fingerprint density at radius 2 is 2.16 bits per heavy atom. The number of nitrogens with two attached hydrogens (primary N) is 1. The summed E-state index contributed by atoms with van der Waals surface area (Å²) in [5, 5.41) is 9.16. The number of aromatic amines is 2. The van der Waals surface area contributed by atoms with Crippen LogP contribution in [0.3, 0.4) is 0 Å². The molecule has 2 heterocycles. The molecule has 1 aromatic carbocycles. The van der Waals surface area contributed by atoms with E-state index in [4.69, 9.17) is 5.73 Å². The van der Waals surface area contributed by atoms with Gasteiger partial charge in [-0.3, -0.25) is 15.2 Å². The van der Waals surface area contributed by atoms with Gasteiger partial charge in [0.05, 0.1) is 22.4 Å². The zero-order valence-electron chi connectivity index (χ0n) is 10.2. The van der Waals surface area contributed by atoms with Crippen LogP contribution in [0.4, 0.5) is 11.6 Å². The second kappa shape index (κ2) is 4.13. The third kappa shape index (κ3) is 1.90. The van der Waals surface area contributed by atoms with Crippen molar-refractivity contribution in [1.82, 2.24) is 20.2 Å². The molecule has 0 saturated carbocycles. The number of carbonyl (C=O) groups excluding carboxylic acids is 1. The number of H-pyrrole nitrogens is 2. The predicted molar refractivity (Wildman–Crippen MR) is 71.8 cm³/mol. The monoisotopic (exact) mass is 256 g/mol. The van der Waals surface area contributed by atoms with Crippen molar-refractivity contribution in [2.75, 3.05) is 11.1 Å². The van der Waals surface area contributed by atoms with Crippen LogP contribution in [0.15, 0.2) is 24.3 Å². The number of para-hydroxylation sites is 2. The minimum Gasteiger partial charge on any atom is -0.395 e. The first-order valence-electron chi connectivity index (χ1n) is 5.71. The second-order valence-corrected chi connectivity index (χ2v) is 4.17. The van der Waals surface area contributed by atoms with Crippen LogP contribution in [-0.4, -0.2) is 26.1 Å². The lowest BCUT2D eigenvalue weighted by molar-refractivity contribution is 0.102. The molecule has 3 aromatic rings. The summed E-state index contributed by atoms with van der Waals surface area (Å²) in [7, 11) is 0. The maximum atomic E-state index is 12.0. The molecule has 19 heavy (non-hydrogen) atoms. The van der Waals surface area contributed by atoms with E-state index < -0.39 is 5.91 Å². The van der Waals surface area contributed by atoms with E-state index in [9.17, 15) is 4.79 Å². The van der Waals surface area contributed by atoms with Crippen molar-refractivity contribution in [2.45, 2.75) is 6.92 Å². The Balaban J connectivity index is 1.88. The third-order valence-electron chi connectivity index (χ3n) is 2.83. The van der Waals surface area contributed by atoms with Crippen LogP contribution in [0.2, 0.25) is 0 Å². The second-order valence-electron chi connectivity index (χ2n) is 4.17. The fourth-order valence-electron chi connectivity index (χ4n) is 1.79. The Hall–Kier alpha value is -2.83. The summed E-state index contributed by atoms with van der Waals surface area (Å²) in [5.74, 6) is -0.0350. The van der Waals surface area contributed by atoms with Crippen molar-refractivity contribution >= 4 is 28.6 Å². The number of fused-ring (bicyclic) bond motifs is 1. The molecule has 7 heteroatoms. The molecule has 1 amide bonds. The molecule has 0 fully saturated rings. The third-order valence-corrected chi connectivity index (χ3v) is 2.83. The van der Waals surface area contributed by atoms with E-state index in [1.54, 1.807) is 6.92 Å². The van der Waals surface area contributed by atoms with E-state index in [1.165, 1.54) is 0 Å². The van der Waals surface area contributed by atoms with Crippen molar-refractivity contribution in [1.29, 1.82) is 0 Å². The van der Waals surface area contributed by atoms with E-state index >= 15 is 0 Å². The Morgan fingerprint density at radius 3 is 2.84 bits per heavy atom. The Labute approximate surface area is 108 Å². The summed E-state index contributed by atoms with van der Waals surface area (Å²) in [6.07, 6.45) is 0. The summed E-state index contributed by atoms with van der Waals surface area (Å²) in [6.45, 7) is 1.75. The van der Waals surface area contributed by atoms with E-state index in [0.717, 1.165) is 11.0 Å². The highest BCUT2D eigenvalue weighted by molar-refractivity contribution is 6.06. The zero-order valence-corrected chi connectivity index (χ0v) is 10.2. The van der Waals surface area contributed by atoms with Gasteiger partial charge >= 0.3 is 0 Å². The summed E-state index contributed by atoms with van der Waals surface area (Å²) in [6, 6.07) is 7.50. The number of amides is 1. The number of anilines is 2. The largest absolute Gasteiger partial charge is 0.395 e. The summed E-state index contributed by atoms with van der Waals surface area (Å²) >= 11 is 0. The van der Waals surface area contributed by atoms with Gasteiger partial charge in [-0.25, -0.2) is 4.98 Å². The number of hydrogen-bond acceptors (Lipinski definition) is 4. The van der Waals surface area contributed by atoms with Gasteiger partial charge in [0, 0.05) is 0 Å². The van der Waals surface area contributed by atoms with E-state index in [2.05, 4.69) is 25.5 Å². The van der Waals surface area contributed by atoms with Crippen molar-refractivity contribution < 1.29 is 4.79 Å².